The topological polar surface area (TPSA) is 47.3 Å². The fourth-order valence-corrected chi connectivity index (χ4v) is 2.29. The van der Waals surface area contributed by atoms with E-state index in [2.05, 4.69) is 0 Å². The molecule has 104 valence electrons. The van der Waals surface area contributed by atoms with Crippen molar-refractivity contribution in [2.24, 2.45) is 0 Å². The van der Waals surface area contributed by atoms with Gasteiger partial charge in [0.05, 0.1) is 11.8 Å². The number of ketones is 1. The molecular formula is C17H11ClO3. The van der Waals surface area contributed by atoms with E-state index in [1.54, 1.807) is 42.5 Å². The molecule has 0 fully saturated rings. The SMILES string of the molecule is O=C(Cc1cc2ccccc2c(=O)o1)c1ccc(Cl)cc1. The van der Waals surface area contributed by atoms with Gasteiger partial charge in [-0.05, 0) is 41.8 Å². The van der Waals surface area contributed by atoms with Crippen LogP contribution in [0.1, 0.15) is 16.1 Å². The zero-order valence-corrected chi connectivity index (χ0v) is 11.8. The van der Waals surface area contributed by atoms with Gasteiger partial charge in [-0.1, -0.05) is 29.8 Å². The summed E-state index contributed by atoms with van der Waals surface area (Å²) in [6.07, 6.45) is 0.0434. The van der Waals surface area contributed by atoms with E-state index in [9.17, 15) is 9.59 Å². The normalized spacial score (nSPS) is 10.7. The Morgan fingerprint density at radius 2 is 1.76 bits per heavy atom. The Morgan fingerprint density at radius 1 is 1.05 bits per heavy atom. The maximum atomic E-state index is 12.2. The van der Waals surface area contributed by atoms with Gasteiger partial charge in [0.2, 0.25) is 0 Å². The summed E-state index contributed by atoms with van der Waals surface area (Å²) >= 11 is 5.79. The zero-order chi connectivity index (χ0) is 14.8. The van der Waals surface area contributed by atoms with Gasteiger partial charge in [0.1, 0.15) is 5.76 Å². The highest BCUT2D eigenvalue weighted by Gasteiger charge is 2.11. The largest absolute Gasteiger partial charge is 0.427 e. The van der Waals surface area contributed by atoms with Crippen molar-refractivity contribution < 1.29 is 9.21 Å². The third kappa shape index (κ3) is 2.88. The Hall–Kier alpha value is -2.39. The number of Topliss-reactive ketones (excluding diaryl/α,β-unsaturated/α-hetero) is 1. The summed E-state index contributed by atoms with van der Waals surface area (Å²) in [6, 6.07) is 15.5. The van der Waals surface area contributed by atoms with Crippen molar-refractivity contribution in [3.8, 4) is 0 Å². The van der Waals surface area contributed by atoms with Crippen molar-refractivity contribution in [3.63, 3.8) is 0 Å². The number of carbonyl (C=O) groups is 1. The van der Waals surface area contributed by atoms with Crippen LogP contribution in [-0.2, 0) is 6.42 Å². The molecule has 0 amide bonds. The molecule has 0 atom stereocenters. The number of benzene rings is 2. The minimum atomic E-state index is -0.424. The van der Waals surface area contributed by atoms with Crippen LogP contribution >= 0.6 is 11.6 Å². The van der Waals surface area contributed by atoms with Crippen LogP contribution < -0.4 is 5.63 Å². The first-order chi connectivity index (χ1) is 10.1. The van der Waals surface area contributed by atoms with E-state index in [1.165, 1.54) is 0 Å². The van der Waals surface area contributed by atoms with Gasteiger partial charge in [0.15, 0.2) is 5.78 Å². The predicted molar refractivity (Wildman–Crippen MR) is 82.0 cm³/mol. The van der Waals surface area contributed by atoms with Gasteiger partial charge < -0.3 is 4.42 Å². The van der Waals surface area contributed by atoms with Crippen molar-refractivity contribution in [2.45, 2.75) is 6.42 Å². The average Bonchev–Trinajstić information content (AvgIpc) is 2.48. The lowest BCUT2D eigenvalue weighted by Crippen LogP contribution is -2.07. The molecule has 3 aromatic rings. The molecule has 0 aliphatic rings. The Labute approximate surface area is 125 Å². The molecule has 1 heterocycles. The highest BCUT2D eigenvalue weighted by Crippen LogP contribution is 2.15. The second kappa shape index (κ2) is 5.54. The number of rotatable bonds is 3. The van der Waals surface area contributed by atoms with Crippen LogP contribution in [0, 0.1) is 0 Å². The van der Waals surface area contributed by atoms with Crippen molar-refractivity contribution in [3.05, 3.63) is 81.4 Å². The van der Waals surface area contributed by atoms with Gasteiger partial charge in [0, 0.05) is 10.6 Å². The number of hydrogen-bond acceptors (Lipinski definition) is 3. The highest BCUT2D eigenvalue weighted by atomic mass is 35.5. The standard InChI is InChI=1S/C17H11ClO3/c18-13-7-5-11(6-8-13)16(19)10-14-9-12-3-1-2-4-15(12)17(20)21-14/h1-9H,10H2. The van der Waals surface area contributed by atoms with Crippen molar-refractivity contribution in [1.29, 1.82) is 0 Å². The van der Waals surface area contributed by atoms with Crippen LogP contribution in [0.2, 0.25) is 5.02 Å². The summed E-state index contributed by atoms with van der Waals surface area (Å²) in [4.78, 5) is 24.0. The maximum absolute atomic E-state index is 12.2. The third-order valence-electron chi connectivity index (χ3n) is 3.22. The van der Waals surface area contributed by atoms with E-state index in [1.807, 2.05) is 12.1 Å². The minimum absolute atomic E-state index is 0.0434. The van der Waals surface area contributed by atoms with Crippen molar-refractivity contribution >= 4 is 28.2 Å². The predicted octanol–water partition coefficient (Wildman–Crippen LogP) is 3.87. The average molecular weight is 299 g/mol. The second-order valence-corrected chi connectivity index (χ2v) is 5.13. The molecular weight excluding hydrogens is 288 g/mol. The molecule has 0 N–H and O–H groups in total. The fourth-order valence-electron chi connectivity index (χ4n) is 2.17. The molecule has 0 spiro atoms. The summed E-state index contributed by atoms with van der Waals surface area (Å²) < 4.78 is 5.20. The number of carbonyl (C=O) groups excluding carboxylic acids is 1. The molecule has 3 nitrogen and oxygen atoms in total. The van der Waals surface area contributed by atoms with Crippen molar-refractivity contribution in [1.82, 2.24) is 0 Å². The first kappa shape index (κ1) is 13.6. The maximum Gasteiger partial charge on any atom is 0.343 e. The lowest BCUT2D eigenvalue weighted by Gasteiger charge is -2.03. The van der Waals surface area contributed by atoms with Crippen molar-refractivity contribution in [2.75, 3.05) is 0 Å². The summed E-state index contributed by atoms with van der Waals surface area (Å²) in [5.74, 6) is 0.240. The molecule has 0 aliphatic heterocycles. The molecule has 21 heavy (non-hydrogen) atoms. The Kier molecular flexibility index (Phi) is 3.59. The van der Waals surface area contributed by atoms with Crippen LogP contribution in [0.15, 0.2) is 63.8 Å². The van der Waals surface area contributed by atoms with Gasteiger partial charge >= 0.3 is 5.63 Å². The smallest absolute Gasteiger partial charge is 0.343 e. The lowest BCUT2D eigenvalue weighted by atomic mass is 10.1. The molecule has 2 aromatic carbocycles. The molecule has 4 heteroatoms. The summed E-state index contributed by atoms with van der Waals surface area (Å²) in [5, 5.41) is 1.86. The van der Waals surface area contributed by atoms with E-state index in [0.29, 0.717) is 21.7 Å². The first-order valence-electron chi connectivity index (χ1n) is 6.44. The quantitative estimate of drug-likeness (QED) is 0.690. The Morgan fingerprint density at radius 3 is 2.52 bits per heavy atom. The molecule has 0 bridgehead atoms. The van der Waals surface area contributed by atoms with Gasteiger partial charge in [-0.2, -0.15) is 0 Å². The summed E-state index contributed by atoms with van der Waals surface area (Å²) in [5.41, 5.74) is 0.113. The number of hydrogen-bond donors (Lipinski definition) is 0. The van der Waals surface area contributed by atoms with Crippen LogP contribution in [0.5, 0.6) is 0 Å². The molecule has 0 saturated heterocycles. The lowest BCUT2D eigenvalue weighted by molar-refractivity contribution is 0.0986. The highest BCUT2D eigenvalue weighted by molar-refractivity contribution is 6.30. The van der Waals surface area contributed by atoms with E-state index >= 15 is 0 Å². The molecule has 3 rings (SSSR count). The number of halogens is 1. The van der Waals surface area contributed by atoms with E-state index in [-0.39, 0.29) is 12.2 Å². The van der Waals surface area contributed by atoms with E-state index < -0.39 is 5.63 Å². The second-order valence-electron chi connectivity index (χ2n) is 4.69. The Balaban J connectivity index is 1.93. The zero-order valence-electron chi connectivity index (χ0n) is 11.0. The monoisotopic (exact) mass is 298 g/mol. The third-order valence-corrected chi connectivity index (χ3v) is 3.47. The van der Waals surface area contributed by atoms with E-state index in [4.69, 9.17) is 16.0 Å². The summed E-state index contributed by atoms with van der Waals surface area (Å²) in [7, 11) is 0. The van der Waals surface area contributed by atoms with Crippen LogP contribution in [-0.4, -0.2) is 5.78 Å². The molecule has 1 aromatic heterocycles. The van der Waals surface area contributed by atoms with Gasteiger partial charge in [-0.25, -0.2) is 4.79 Å². The van der Waals surface area contributed by atoms with E-state index in [0.717, 1.165) is 5.39 Å². The van der Waals surface area contributed by atoms with Gasteiger partial charge in [-0.3, -0.25) is 4.79 Å². The van der Waals surface area contributed by atoms with Crippen LogP contribution in [0.4, 0.5) is 0 Å². The van der Waals surface area contributed by atoms with Gasteiger partial charge in [0.25, 0.3) is 0 Å². The van der Waals surface area contributed by atoms with Gasteiger partial charge in [-0.15, -0.1) is 0 Å². The fraction of sp³-hybridized carbons (Fsp3) is 0.0588. The van der Waals surface area contributed by atoms with Crippen LogP contribution in [0.3, 0.4) is 0 Å². The molecule has 0 radical (unpaired) electrons. The summed E-state index contributed by atoms with van der Waals surface area (Å²) in [6.45, 7) is 0. The molecule has 0 saturated carbocycles. The molecule has 0 unspecified atom stereocenters. The minimum Gasteiger partial charge on any atom is -0.427 e. The first-order valence-corrected chi connectivity index (χ1v) is 6.82. The molecule has 0 aliphatic carbocycles. The number of fused-ring (bicyclic) bond motifs is 1. The Bertz CT molecular complexity index is 863. The van der Waals surface area contributed by atoms with Crippen LogP contribution in [0.25, 0.3) is 10.8 Å².